The predicted molar refractivity (Wildman–Crippen MR) is 82.7 cm³/mol. The van der Waals surface area contributed by atoms with Gasteiger partial charge in [-0.15, -0.1) is 5.10 Å². The smallest absolute Gasteiger partial charge is 0.408 e. The summed E-state index contributed by atoms with van der Waals surface area (Å²) in [4.78, 5) is 27.2. The van der Waals surface area contributed by atoms with Crippen molar-refractivity contribution >= 4 is 28.3 Å². The van der Waals surface area contributed by atoms with Gasteiger partial charge in [0, 0.05) is 22.7 Å². The maximum Gasteiger partial charge on any atom is 0.408 e. The quantitative estimate of drug-likeness (QED) is 0.734. The lowest BCUT2D eigenvalue weighted by Crippen LogP contribution is -2.18. The Labute approximate surface area is 143 Å². The number of alkyl halides is 3. The molecule has 0 radical (unpaired) electrons. The highest BCUT2D eigenvalue weighted by atomic mass is 19.4. The summed E-state index contributed by atoms with van der Waals surface area (Å²) in [7, 11) is 0. The first-order chi connectivity index (χ1) is 12.2. The van der Waals surface area contributed by atoms with Crippen molar-refractivity contribution in [3.05, 3.63) is 48.0 Å². The Morgan fingerprint density at radius 3 is 2.65 bits per heavy atom. The lowest BCUT2D eigenvalue weighted by Gasteiger charge is -2.08. The standard InChI is InChI=1S/C15H10F3N5O3/c16-15(17,18)7-23-6-11(21-22-23)13(24)20-10-3-1-2-9-8(10)4-5-19-12(9)14(25)26/h1-6H,7H2,(H,20,24)(H,25,26). The summed E-state index contributed by atoms with van der Waals surface area (Å²) >= 11 is 0. The highest BCUT2D eigenvalue weighted by molar-refractivity contribution is 6.11. The molecule has 2 heterocycles. The van der Waals surface area contributed by atoms with Gasteiger partial charge < -0.3 is 10.4 Å². The second-order valence-electron chi connectivity index (χ2n) is 5.24. The molecule has 0 aliphatic heterocycles. The fourth-order valence-electron chi connectivity index (χ4n) is 2.34. The summed E-state index contributed by atoms with van der Waals surface area (Å²) in [5.74, 6) is -2.01. The molecule has 0 fully saturated rings. The predicted octanol–water partition coefficient (Wildman–Crippen LogP) is 2.34. The van der Waals surface area contributed by atoms with E-state index in [2.05, 4.69) is 20.6 Å². The normalized spacial score (nSPS) is 11.5. The Kier molecular flexibility index (Phi) is 4.28. The molecular formula is C15H10F3N5O3. The number of benzene rings is 1. The second-order valence-corrected chi connectivity index (χ2v) is 5.24. The van der Waals surface area contributed by atoms with Crippen LogP contribution in [0.2, 0.25) is 0 Å². The Hall–Kier alpha value is -3.50. The monoisotopic (exact) mass is 365 g/mol. The number of carbonyl (C=O) groups is 2. The summed E-state index contributed by atoms with van der Waals surface area (Å²) < 4.78 is 37.5. The summed E-state index contributed by atoms with van der Waals surface area (Å²) in [6, 6.07) is 6.08. The molecule has 2 aromatic heterocycles. The van der Waals surface area contributed by atoms with Gasteiger partial charge in [-0.3, -0.25) is 4.79 Å². The minimum Gasteiger partial charge on any atom is -0.476 e. The van der Waals surface area contributed by atoms with Gasteiger partial charge in [0.1, 0.15) is 6.54 Å². The number of carboxylic acids is 1. The molecule has 26 heavy (non-hydrogen) atoms. The summed E-state index contributed by atoms with van der Waals surface area (Å²) in [6.45, 7) is -1.37. The molecule has 0 atom stereocenters. The van der Waals surface area contributed by atoms with Crippen LogP contribution in [0.5, 0.6) is 0 Å². The van der Waals surface area contributed by atoms with Crippen LogP contribution in [0.25, 0.3) is 10.8 Å². The molecule has 0 unspecified atom stereocenters. The van der Waals surface area contributed by atoms with Crippen molar-refractivity contribution in [3.63, 3.8) is 0 Å². The van der Waals surface area contributed by atoms with E-state index in [0.717, 1.165) is 6.20 Å². The molecule has 0 spiro atoms. The largest absolute Gasteiger partial charge is 0.476 e. The number of halogens is 3. The molecule has 2 N–H and O–H groups in total. The Balaban J connectivity index is 1.88. The third kappa shape index (κ3) is 3.61. The Bertz CT molecular complexity index is 1000. The number of carboxylic acid groups (broad SMARTS) is 1. The third-order valence-electron chi connectivity index (χ3n) is 3.37. The van der Waals surface area contributed by atoms with Crippen LogP contribution < -0.4 is 5.32 Å². The molecule has 0 saturated carbocycles. The lowest BCUT2D eigenvalue weighted by molar-refractivity contribution is -0.142. The van der Waals surface area contributed by atoms with Gasteiger partial charge in [0.2, 0.25) is 0 Å². The first-order valence-electron chi connectivity index (χ1n) is 7.14. The molecule has 3 rings (SSSR count). The van der Waals surface area contributed by atoms with Gasteiger partial charge in [0.15, 0.2) is 11.4 Å². The molecule has 0 saturated heterocycles. The number of hydrogen-bond donors (Lipinski definition) is 2. The minimum absolute atomic E-state index is 0.185. The molecule has 0 bridgehead atoms. The Morgan fingerprint density at radius 1 is 1.19 bits per heavy atom. The topological polar surface area (TPSA) is 110 Å². The van der Waals surface area contributed by atoms with Crippen molar-refractivity contribution in [3.8, 4) is 0 Å². The number of rotatable bonds is 4. The summed E-state index contributed by atoms with van der Waals surface area (Å²) in [5.41, 5.74) is -0.226. The van der Waals surface area contributed by atoms with Gasteiger partial charge in [0.25, 0.3) is 5.91 Å². The van der Waals surface area contributed by atoms with E-state index in [9.17, 15) is 22.8 Å². The van der Waals surface area contributed by atoms with Gasteiger partial charge in [-0.1, -0.05) is 17.3 Å². The number of aromatic carboxylic acids is 1. The SMILES string of the molecule is O=C(Nc1cccc2c(C(=O)O)nccc12)c1cn(CC(F)(F)F)nn1. The van der Waals surface area contributed by atoms with E-state index in [1.807, 2.05) is 0 Å². The van der Waals surface area contributed by atoms with Gasteiger partial charge >= 0.3 is 12.1 Å². The van der Waals surface area contributed by atoms with Crippen LogP contribution in [0.3, 0.4) is 0 Å². The highest BCUT2D eigenvalue weighted by Gasteiger charge is 2.29. The van der Waals surface area contributed by atoms with Crippen molar-refractivity contribution in [2.75, 3.05) is 5.32 Å². The maximum absolute atomic E-state index is 12.3. The van der Waals surface area contributed by atoms with Crippen LogP contribution in [0.15, 0.2) is 36.7 Å². The molecule has 0 aliphatic carbocycles. The molecule has 1 aromatic carbocycles. The molecule has 3 aromatic rings. The number of anilines is 1. The minimum atomic E-state index is -4.49. The first-order valence-corrected chi connectivity index (χ1v) is 7.14. The average Bonchev–Trinajstić information content (AvgIpc) is 3.01. The molecular weight excluding hydrogens is 355 g/mol. The summed E-state index contributed by atoms with van der Waals surface area (Å²) in [6.07, 6.45) is -2.34. The summed E-state index contributed by atoms with van der Waals surface area (Å²) in [5, 5.41) is 19.0. The van der Waals surface area contributed by atoms with Crippen LogP contribution in [0, 0.1) is 0 Å². The van der Waals surface area contributed by atoms with Gasteiger partial charge in [0.05, 0.1) is 6.20 Å². The van der Waals surface area contributed by atoms with E-state index in [0.29, 0.717) is 15.5 Å². The fraction of sp³-hybridized carbons (Fsp3) is 0.133. The zero-order valence-electron chi connectivity index (χ0n) is 12.9. The van der Waals surface area contributed by atoms with Crippen LogP contribution >= 0.6 is 0 Å². The van der Waals surface area contributed by atoms with E-state index >= 15 is 0 Å². The second kappa shape index (κ2) is 6.43. The number of carbonyl (C=O) groups excluding carboxylic acids is 1. The van der Waals surface area contributed by atoms with Crippen LogP contribution in [-0.2, 0) is 6.54 Å². The van der Waals surface area contributed by atoms with E-state index in [-0.39, 0.29) is 17.1 Å². The van der Waals surface area contributed by atoms with Crippen molar-refractivity contribution in [2.45, 2.75) is 12.7 Å². The van der Waals surface area contributed by atoms with Gasteiger partial charge in [-0.05, 0) is 12.1 Å². The van der Waals surface area contributed by atoms with Crippen LogP contribution in [0.4, 0.5) is 18.9 Å². The van der Waals surface area contributed by atoms with Gasteiger partial charge in [-0.25, -0.2) is 14.5 Å². The molecule has 8 nitrogen and oxygen atoms in total. The number of nitrogens with one attached hydrogen (secondary N) is 1. The molecule has 11 heteroatoms. The fourth-order valence-corrected chi connectivity index (χ4v) is 2.34. The van der Waals surface area contributed by atoms with Crippen molar-refractivity contribution < 1.29 is 27.9 Å². The van der Waals surface area contributed by atoms with Crippen LogP contribution in [0.1, 0.15) is 21.0 Å². The first kappa shape index (κ1) is 17.3. The molecule has 134 valence electrons. The zero-order chi connectivity index (χ0) is 18.9. The maximum atomic E-state index is 12.3. The van der Waals surface area contributed by atoms with Crippen molar-refractivity contribution in [2.24, 2.45) is 0 Å². The molecule has 1 amide bonds. The molecule has 0 aliphatic rings. The lowest BCUT2D eigenvalue weighted by atomic mass is 10.1. The number of amides is 1. The van der Waals surface area contributed by atoms with E-state index in [4.69, 9.17) is 5.11 Å². The van der Waals surface area contributed by atoms with Crippen molar-refractivity contribution in [1.82, 2.24) is 20.0 Å². The van der Waals surface area contributed by atoms with E-state index in [1.54, 1.807) is 0 Å². The van der Waals surface area contributed by atoms with Crippen molar-refractivity contribution in [1.29, 1.82) is 0 Å². The number of pyridine rings is 1. The number of fused-ring (bicyclic) bond motifs is 1. The number of aromatic nitrogens is 4. The van der Waals surface area contributed by atoms with E-state index < -0.39 is 24.6 Å². The highest BCUT2D eigenvalue weighted by Crippen LogP contribution is 2.25. The van der Waals surface area contributed by atoms with E-state index in [1.165, 1.54) is 30.5 Å². The van der Waals surface area contributed by atoms with Gasteiger partial charge in [-0.2, -0.15) is 13.2 Å². The van der Waals surface area contributed by atoms with Crippen LogP contribution in [-0.4, -0.2) is 43.1 Å². The number of nitrogens with zero attached hydrogens (tertiary/aromatic N) is 4. The third-order valence-corrected chi connectivity index (χ3v) is 3.37. The number of hydrogen-bond acceptors (Lipinski definition) is 5. The average molecular weight is 365 g/mol. The zero-order valence-corrected chi connectivity index (χ0v) is 12.9. The Morgan fingerprint density at radius 2 is 1.96 bits per heavy atom.